The molecule has 14 nitrogen and oxygen atoms in total. The smallest absolute Gasteiger partial charge is 0.336 e. The molecule has 0 radical (unpaired) electrons. The summed E-state index contributed by atoms with van der Waals surface area (Å²) in [4.78, 5) is 27.9. The van der Waals surface area contributed by atoms with E-state index in [0.29, 0.717) is 18.9 Å². The molecule has 2 bridgehead atoms. The highest BCUT2D eigenvalue weighted by Crippen LogP contribution is 2.59. The maximum Gasteiger partial charge on any atom is 0.336 e. The van der Waals surface area contributed by atoms with E-state index in [1.807, 2.05) is 6.92 Å². The Balaban J connectivity index is 1.39. The largest absolute Gasteiger partial charge is 0.456 e. The molecule has 5 aliphatic heterocycles. The third-order valence-corrected chi connectivity index (χ3v) is 15.9. The van der Waals surface area contributed by atoms with Crippen LogP contribution in [0.2, 0.25) is 0 Å². The summed E-state index contributed by atoms with van der Waals surface area (Å²) < 4.78 is 20.8. The molecule has 56 heavy (non-hydrogen) atoms. The Morgan fingerprint density at radius 3 is 2.48 bits per heavy atom. The first-order chi connectivity index (χ1) is 26.9. The van der Waals surface area contributed by atoms with Gasteiger partial charge in [0, 0.05) is 24.9 Å². The van der Waals surface area contributed by atoms with Gasteiger partial charge in [0.05, 0.1) is 67.6 Å². The van der Waals surface area contributed by atoms with Crippen LogP contribution in [0, 0.1) is 59.2 Å². The molecule has 0 amide bonds. The number of rotatable bonds is 9. The van der Waals surface area contributed by atoms with Crippen molar-refractivity contribution in [2.75, 3.05) is 32.9 Å². The van der Waals surface area contributed by atoms with Crippen LogP contribution in [0.15, 0.2) is 11.6 Å². The lowest BCUT2D eigenvalue weighted by Crippen LogP contribution is -2.71. The van der Waals surface area contributed by atoms with E-state index in [4.69, 9.17) is 25.7 Å². The first kappa shape index (κ1) is 42.6. The summed E-state index contributed by atoms with van der Waals surface area (Å²) in [6.45, 7) is 4.21. The average molecular weight is 791 g/mol. The molecule has 7 aliphatic rings. The van der Waals surface area contributed by atoms with Crippen LogP contribution in [0.25, 0.3) is 0 Å². The average Bonchev–Trinajstić information content (AvgIpc) is 3.17. The first-order valence-electron chi connectivity index (χ1n) is 21.8. The highest BCUT2D eigenvalue weighted by molar-refractivity contribution is 5.88. The molecule has 19 unspecified atom stereocenters. The quantitative estimate of drug-likeness (QED) is 0.116. The topological polar surface area (TPSA) is 239 Å². The van der Waals surface area contributed by atoms with Crippen LogP contribution < -0.4 is 22.1 Å². The number of ether oxygens (including phenoxy) is 3. The van der Waals surface area contributed by atoms with Crippen molar-refractivity contribution < 1.29 is 49.3 Å². The molecule has 2 saturated carbocycles. The number of piperidine rings is 2. The maximum atomic E-state index is 14.2. The van der Waals surface area contributed by atoms with E-state index in [0.717, 1.165) is 64.3 Å². The third-order valence-electron chi connectivity index (χ3n) is 15.9. The summed E-state index contributed by atoms with van der Waals surface area (Å²) in [6.07, 6.45) is 4.57. The summed E-state index contributed by atoms with van der Waals surface area (Å²) in [5.74, 6) is -3.12. The monoisotopic (exact) mass is 791 g/mol. The number of aliphatic hydroxyl groups excluding tert-OH is 5. The van der Waals surface area contributed by atoms with Gasteiger partial charge < -0.3 is 61.8 Å². The van der Waals surface area contributed by atoms with Crippen molar-refractivity contribution in [3.63, 3.8) is 0 Å². The van der Waals surface area contributed by atoms with Crippen molar-refractivity contribution in [3.05, 3.63) is 11.6 Å². The first-order valence-corrected chi connectivity index (χ1v) is 21.8. The number of Topliss-reactive ketones (excluding diaryl/α,β-unsaturated/α-hetero) is 1. The Hall–Kier alpha value is -1.56. The number of allylic oxidation sites excluding steroid dienone is 1. The Kier molecular flexibility index (Phi) is 13.7. The van der Waals surface area contributed by atoms with Gasteiger partial charge in [-0.05, 0) is 133 Å². The van der Waals surface area contributed by atoms with Crippen LogP contribution in [0.4, 0.5) is 0 Å². The molecular formula is C42H70N4O10. The fourth-order valence-corrected chi connectivity index (χ4v) is 12.9. The molecule has 11 N–H and O–H groups in total. The number of esters is 1. The van der Waals surface area contributed by atoms with Gasteiger partial charge in [-0.15, -0.1) is 0 Å². The van der Waals surface area contributed by atoms with Crippen LogP contribution in [-0.4, -0.2) is 125 Å². The van der Waals surface area contributed by atoms with Crippen molar-refractivity contribution in [1.82, 2.24) is 10.6 Å². The number of nitrogens with one attached hydrogen (secondary N) is 2. The zero-order valence-corrected chi connectivity index (χ0v) is 33.4. The summed E-state index contributed by atoms with van der Waals surface area (Å²) in [6, 6.07) is 0. The van der Waals surface area contributed by atoms with E-state index in [1.165, 1.54) is 0 Å². The minimum atomic E-state index is -1.17. The Morgan fingerprint density at radius 2 is 1.80 bits per heavy atom. The van der Waals surface area contributed by atoms with Gasteiger partial charge in [0.15, 0.2) is 0 Å². The van der Waals surface area contributed by atoms with Crippen molar-refractivity contribution in [3.8, 4) is 0 Å². The Bertz CT molecular complexity index is 1400. The number of hydrogen-bond acceptors (Lipinski definition) is 14. The lowest BCUT2D eigenvalue weighted by Gasteiger charge is -2.63. The fourth-order valence-electron chi connectivity index (χ4n) is 12.9. The van der Waals surface area contributed by atoms with Gasteiger partial charge in [0.2, 0.25) is 0 Å². The van der Waals surface area contributed by atoms with E-state index in [2.05, 4.69) is 10.6 Å². The van der Waals surface area contributed by atoms with E-state index < -0.39 is 72.6 Å². The maximum absolute atomic E-state index is 14.2. The second kappa shape index (κ2) is 18.0. The third kappa shape index (κ3) is 8.16. The lowest BCUT2D eigenvalue weighted by atomic mass is 9.51. The van der Waals surface area contributed by atoms with Crippen molar-refractivity contribution in [2.24, 2.45) is 70.6 Å². The van der Waals surface area contributed by atoms with Crippen LogP contribution in [-0.2, 0) is 23.8 Å². The molecule has 7 rings (SSSR count). The van der Waals surface area contributed by atoms with E-state index in [9.17, 15) is 35.1 Å². The van der Waals surface area contributed by atoms with Gasteiger partial charge >= 0.3 is 5.97 Å². The van der Waals surface area contributed by atoms with Crippen LogP contribution in [0.5, 0.6) is 0 Å². The molecule has 0 aromatic heterocycles. The van der Waals surface area contributed by atoms with Crippen molar-refractivity contribution in [2.45, 2.75) is 145 Å². The SMILES string of the molecule is CC=C(CO)C(=O)OC1CC2C(O)C3C(=O)CC(CO)OC3C3C2OC1(C)C(CC1CCC(N)NC1)CCC1C(N)NCCC1C3C(CO)C1CCCC(O)C1. The summed E-state index contributed by atoms with van der Waals surface area (Å²) in [5, 5.41) is 62.4. The lowest BCUT2D eigenvalue weighted by molar-refractivity contribution is -0.309. The number of fused-ring (bicyclic) bond motifs is 4. The molecule has 0 spiro atoms. The van der Waals surface area contributed by atoms with Crippen molar-refractivity contribution >= 4 is 11.8 Å². The van der Waals surface area contributed by atoms with Crippen LogP contribution in [0.1, 0.15) is 90.9 Å². The number of ketones is 1. The number of nitrogens with two attached hydrogens (primary N) is 2. The van der Waals surface area contributed by atoms with Crippen LogP contribution >= 0.6 is 0 Å². The van der Waals surface area contributed by atoms with Gasteiger partial charge in [-0.1, -0.05) is 12.5 Å². The normalized spacial score (nSPS) is 47.9. The fraction of sp³-hybridized carbons (Fsp3) is 0.905. The molecule has 2 aliphatic carbocycles. The number of hydrogen-bond donors (Lipinski definition) is 9. The highest BCUT2D eigenvalue weighted by Gasteiger charge is 2.66. The molecule has 318 valence electrons. The minimum Gasteiger partial charge on any atom is -0.456 e. The van der Waals surface area contributed by atoms with E-state index in [1.54, 1.807) is 13.0 Å². The second-order valence-electron chi connectivity index (χ2n) is 18.8. The van der Waals surface area contributed by atoms with Crippen molar-refractivity contribution in [1.29, 1.82) is 0 Å². The van der Waals surface area contributed by atoms with E-state index >= 15 is 0 Å². The predicted molar refractivity (Wildman–Crippen MR) is 206 cm³/mol. The van der Waals surface area contributed by atoms with Gasteiger partial charge in [0.1, 0.15) is 17.5 Å². The summed E-state index contributed by atoms with van der Waals surface area (Å²) in [5.41, 5.74) is 12.4. The molecule has 0 aromatic rings. The second-order valence-corrected chi connectivity index (χ2v) is 18.8. The van der Waals surface area contributed by atoms with Gasteiger partial charge in [-0.3, -0.25) is 4.79 Å². The number of carbonyl (C=O) groups excluding carboxylic acids is 2. The standard InChI is InChI=1S/C42H70N4O10/c1-3-22(18-47)41(53)55-32-16-29-37(52)35-31(51)15-26(19-48)54-39(35)36-34(30(20-49)23-5-4-6-25(50)14-23)27-11-12-45-40(44)28(27)9-8-24(42(32,2)56-38(29)36)13-21-7-10-33(43)46-17-21/h3,21,23-30,32-40,45-50,52H,4-20,43-44H2,1-2H3. The Labute approximate surface area is 331 Å². The zero-order valence-electron chi connectivity index (χ0n) is 33.4. The molecule has 19 atom stereocenters. The minimum absolute atomic E-state index is 0.0116. The number of aliphatic hydroxyl groups is 5. The van der Waals surface area contributed by atoms with Gasteiger partial charge in [-0.2, -0.15) is 0 Å². The molecule has 7 fully saturated rings. The molecule has 0 aromatic carbocycles. The van der Waals surface area contributed by atoms with E-state index in [-0.39, 0.29) is 85.3 Å². The highest BCUT2D eigenvalue weighted by atomic mass is 16.6. The summed E-state index contributed by atoms with van der Waals surface area (Å²) in [7, 11) is 0. The summed E-state index contributed by atoms with van der Waals surface area (Å²) >= 11 is 0. The molecule has 14 heteroatoms. The van der Waals surface area contributed by atoms with Gasteiger partial charge in [-0.25, -0.2) is 4.79 Å². The molecular weight excluding hydrogens is 720 g/mol. The predicted octanol–water partition coefficient (Wildman–Crippen LogP) is 0.697. The molecule has 5 heterocycles. The molecule has 5 saturated heterocycles. The van der Waals surface area contributed by atoms with Gasteiger partial charge in [0.25, 0.3) is 0 Å². The zero-order chi connectivity index (χ0) is 39.9. The Morgan fingerprint density at radius 1 is 1.00 bits per heavy atom. The number of carbonyl (C=O) groups is 2. The van der Waals surface area contributed by atoms with Crippen LogP contribution in [0.3, 0.4) is 0 Å².